The SMILES string of the molecule is CC(C)OCCCCNc1ncc[nH]c1=O. The molecule has 2 N–H and O–H groups in total. The van der Waals surface area contributed by atoms with Gasteiger partial charge >= 0.3 is 0 Å². The molecule has 0 bridgehead atoms. The van der Waals surface area contributed by atoms with Crippen molar-refractivity contribution in [3.63, 3.8) is 0 Å². The lowest BCUT2D eigenvalue weighted by Gasteiger charge is -2.07. The van der Waals surface area contributed by atoms with Crippen molar-refractivity contribution in [3.05, 3.63) is 22.7 Å². The van der Waals surface area contributed by atoms with Crippen molar-refractivity contribution in [3.8, 4) is 0 Å². The number of hydrogen-bond donors (Lipinski definition) is 2. The lowest BCUT2D eigenvalue weighted by atomic mass is 10.3. The average Bonchev–Trinajstić information content (AvgIpc) is 2.25. The van der Waals surface area contributed by atoms with Crippen molar-refractivity contribution >= 4 is 5.82 Å². The van der Waals surface area contributed by atoms with Crippen LogP contribution in [0.25, 0.3) is 0 Å². The summed E-state index contributed by atoms with van der Waals surface area (Å²) >= 11 is 0. The molecule has 0 unspecified atom stereocenters. The molecule has 0 aliphatic rings. The molecule has 90 valence electrons. The normalized spacial score (nSPS) is 10.7. The van der Waals surface area contributed by atoms with Gasteiger partial charge in [-0.05, 0) is 26.7 Å². The minimum atomic E-state index is -0.180. The van der Waals surface area contributed by atoms with Gasteiger partial charge in [-0.3, -0.25) is 4.79 Å². The van der Waals surface area contributed by atoms with E-state index in [1.807, 2.05) is 13.8 Å². The highest BCUT2D eigenvalue weighted by atomic mass is 16.5. The molecule has 0 spiro atoms. The van der Waals surface area contributed by atoms with E-state index in [-0.39, 0.29) is 11.7 Å². The van der Waals surface area contributed by atoms with Crippen molar-refractivity contribution in [1.29, 1.82) is 0 Å². The maximum Gasteiger partial charge on any atom is 0.290 e. The highest BCUT2D eigenvalue weighted by Gasteiger charge is 1.98. The fourth-order valence-electron chi connectivity index (χ4n) is 1.23. The maximum absolute atomic E-state index is 11.2. The van der Waals surface area contributed by atoms with Crippen molar-refractivity contribution in [2.45, 2.75) is 32.8 Å². The summed E-state index contributed by atoms with van der Waals surface area (Å²) in [4.78, 5) is 17.7. The zero-order valence-electron chi connectivity index (χ0n) is 9.82. The van der Waals surface area contributed by atoms with Gasteiger partial charge in [-0.1, -0.05) is 0 Å². The van der Waals surface area contributed by atoms with Crippen molar-refractivity contribution in [2.24, 2.45) is 0 Å². The Morgan fingerprint density at radius 2 is 2.31 bits per heavy atom. The second kappa shape index (κ2) is 7.00. The van der Waals surface area contributed by atoms with E-state index in [4.69, 9.17) is 4.74 Å². The Morgan fingerprint density at radius 3 is 3.00 bits per heavy atom. The van der Waals surface area contributed by atoms with Crippen LogP contribution >= 0.6 is 0 Å². The van der Waals surface area contributed by atoms with Crippen LogP contribution in [0.5, 0.6) is 0 Å². The average molecular weight is 225 g/mol. The lowest BCUT2D eigenvalue weighted by Crippen LogP contribution is -2.16. The van der Waals surface area contributed by atoms with Gasteiger partial charge in [0.25, 0.3) is 5.56 Å². The molecule has 1 heterocycles. The van der Waals surface area contributed by atoms with Crippen molar-refractivity contribution in [2.75, 3.05) is 18.5 Å². The Balaban J connectivity index is 2.12. The van der Waals surface area contributed by atoms with Gasteiger partial charge in [0.1, 0.15) is 0 Å². The van der Waals surface area contributed by atoms with Crippen LogP contribution in [0.1, 0.15) is 26.7 Å². The van der Waals surface area contributed by atoms with Gasteiger partial charge in [0, 0.05) is 25.5 Å². The summed E-state index contributed by atoms with van der Waals surface area (Å²) in [6.45, 7) is 5.54. The largest absolute Gasteiger partial charge is 0.379 e. The fourth-order valence-corrected chi connectivity index (χ4v) is 1.23. The first-order valence-electron chi connectivity index (χ1n) is 5.59. The smallest absolute Gasteiger partial charge is 0.290 e. The topological polar surface area (TPSA) is 67.0 Å². The first-order chi connectivity index (χ1) is 7.70. The number of nitrogens with one attached hydrogen (secondary N) is 2. The number of unbranched alkanes of at least 4 members (excludes halogenated alkanes) is 1. The second-order valence-corrected chi connectivity index (χ2v) is 3.82. The number of anilines is 1. The van der Waals surface area contributed by atoms with E-state index in [0.29, 0.717) is 5.82 Å². The van der Waals surface area contributed by atoms with Crippen LogP contribution in [0, 0.1) is 0 Å². The van der Waals surface area contributed by atoms with Crippen LogP contribution in [-0.2, 0) is 4.74 Å². The highest BCUT2D eigenvalue weighted by molar-refractivity contribution is 5.29. The van der Waals surface area contributed by atoms with E-state index in [2.05, 4.69) is 15.3 Å². The zero-order valence-corrected chi connectivity index (χ0v) is 9.82. The summed E-state index contributed by atoms with van der Waals surface area (Å²) < 4.78 is 5.41. The molecule has 0 saturated heterocycles. The molecule has 16 heavy (non-hydrogen) atoms. The van der Waals surface area contributed by atoms with Crippen LogP contribution in [0.4, 0.5) is 5.82 Å². The zero-order chi connectivity index (χ0) is 11.8. The van der Waals surface area contributed by atoms with E-state index < -0.39 is 0 Å². The summed E-state index contributed by atoms with van der Waals surface area (Å²) in [5, 5.41) is 2.99. The highest BCUT2D eigenvalue weighted by Crippen LogP contribution is 1.96. The third kappa shape index (κ3) is 4.93. The van der Waals surface area contributed by atoms with E-state index in [9.17, 15) is 4.79 Å². The van der Waals surface area contributed by atoms with Gasteiger partial charge in [-0.15, -0.1) is 0 Å². The number of aromatic nitrogens is 2. The second-order valence-electron chi connectivity index (χ2n) is 3.82. The Morgan fingerprint density at radius 1 is 1.50 bits per heavy atom. The minimum absolute atomic E-state index is 0.180. The molecular weight excluding hydrogens is 206 g/mol. The minimum Gasteiger partial charge on any atom is -0.379 e. The van der Waals surface area contributed by atoms with E-state index in [1.165, 1.54) is 6.20 Å². The number of H-pyrrole nitrogens is 1. The first-order valence-corrected chi connectivity index (χ1v) is 5.59. The molecule has 0 amide bonds. The summed E-state index contributed by atoms with van der Waals surface area (Å²) in [6, 6.07) is 0. The Bertz CT molecular complexity index is 349. The molecule has 0 fully saturated rings. The summed E-state index contributed by atoms with van der Waals surface area (Å²) in [6.07, 6.45) is 5.31. The number of nitrogens with zero attached hydrogens (tertiary/aromatic N) is 1. The van der Waals surface area contributed by atoms with Gasteiger partial charge in [0.15, 0.2) is 5.82 Å². The number of rotatable bonds is 7. The monoisotopic (exact) mass is 225 g/mol. The molecule has 5 nitrogen and oxygen atoms in total. The predicted molar refractivity (Wildman–Crippen MR) is 63.7 cm³/mol. The van der Waals surface area contributed by atoms with Crippen molar-refractivity contribution < 1.29 is 4.74 Å². The summed E-state index contributed by atoms with van der Waals surface area (Å²) in [5.74, 6) is 0.382. The van der Waals surface area contributed by atoms with Crippen LogP contribution < -0.4 is 10.9 Å². The Labute approximate surface area is 95.3 Å². The molecule has 1 rings (SSSR count). The van der Waals surface area contributed by atoms with Gasteiger partial charge < -0.3 is 15.0 Å². The van der Waals surface area contributed by atoms with Gasteiger partial charge in [0.05, 0.1) is 6.10 Å². The fraction of sp³-hybridized carbons (Fsp3) is 0.636. The molecule has 1 aromatic heterocycles. The third-order valence-corrected chi connectivity index (χ3v) is 2.02. The lowest BCUT2D eigenvalue weighted by molar-refractivity contribution is 0.0765. The molecule has 0 radical (unpaired) electrons. The third-order valence-electron chi connectivity index (χ3n) is 2.02. The van der Waals surface area contributed by atoms with Crippen LogP contribution in [0.15, 0.2) is 17.2 Å². The predicted octanol–water partition coefficient (Wildman–Crippen LogP) is 1.39. The Hall–Kier alpha value is -1.36. The number of hydrogen-bond acceptors (Lipinski definition) is 4. The molecule has 0 aliphatic carbocycles. The van der Waals surface area contributed by atoms with E-state index in [0.717, 1.165) is 26.0 Å². The van der Waals surface area contributed by atoms with Crippen LogP contribution in [-0.4, -0.2) is 29.2 Å². The van der Waals surface area contributed by atoms with E-state index >= 15 is 0 Å². The van der Waals surface area contributed by atoms with Crippen LogP contribution in [0.2, 0.25) is 0 Å². The Kier molecular flexibility index (Phi) is 5.56. The molecular formula is C11H19N3O2. The maximum atomic E-state index is 11.2. The number of ether oxygens (including phenoxy) is 1. The standard InChI is InChI=1S/C11H19N3O2/c1-9(2)16-8-4-3-5-12-10-11(15)14-7-6-13-10/h6-7,9H,3-5,8H2,1-2H3,(H,12,13)(H,14,15). The molecule has 0 saturated carbocycles. The molecule has 5 heteroatoms. The van der Waals surface area contributed by atoms with Gasteiger partial charge in [0.2, 0.25) is 0 Å². The summed E-state index contributed by atoms with van der Waals surface area (Å²) in [7, 11) is 0. The van der Waals surface area contributed by atoms with Crippen LogP contribution in [0.3, 0.4) is 0 Å². The molecule has 0 aliphatic heterocycles. The van der Waals surface area contributed by atoms with Gasteiger partial charge in [-0.25, -0.2) is 4.98 Å². The molecule has 1 aromatic rings. The van der Waals surface area contributed by atoms with E-state index in [1.54, 1.807) is 6.20 Å². The number of aromatic amines is 1. The van der Waals surface area contributed by atoms with Crippen molar-refractivity contribution in [1.82, 2.24) is 9.97 Å². The molecule has 0 atom stereocenters. The quantitative estimate of drug-likeness (QED) is 0.688. The van der Waals surface area contributed by atoms with Gasteiger partial charge in [-0.2, -0.15) is 0 Å². The molecule has 0 aromatic carbocycles. The summed E-state index contributed by atoms with van der Waals surface area (Å²) in [5.41, 5.74) is -0.180. The first kappa shape index (κ1) is 12.7.